The third kappa shape index (κ3) is 4.63. The number of nitrogens with one attached hydrogen (secondary N) is 1. The molecule has 0 aliphatic rings. The Morgan fingerprint density at radius 1 is 1.20 bits per heavy atom. The van der Waals surface area contributed by atoms with E-state index >= 15 is 0 Å². The van der Waals surface area contributed by atoms with Gasteiger partial charge in [-0.15, -0.1) is 0 Å². The van der Waals surface area contributed by atoms with Gasteiger partial charge < -0.3 is 10.1 Å². The molecule has 20 heavy (non-hydrogen) atoms. The number of rotatable bonds is 6. The topological polar surface area (TPSA) is 21.3 Å². The quantitative estimate of drug-likeness (QED) is 0.788. The number of ether oxygens (including phenoxy) is 1. The second-order valence-electron chi connectivity index (χ2n) is 5.94. The van der Waals surface area contributed by atoms with Crippen molar-refractivity contribution in [3.63, 3.8) is 0 Å². The van der Waals surface area contributed by atoms with E-state index in [4.69, 9.17) is 27.9 Å². The molecule has 0 saturated heterocycles. The van der Waals surface area contributed by atoms with Crippen LogP contribution in [0.15, 0.2) is 18.2 Å². The van der Waals surface area contributed by atoms with Gasteiger partial charge in [-0.3, -0.25) is 0 Å². The zero-order valence-corrected chi connectivity index (χ0v) is 14.5. The zero-order valence-electron chi connectivity index (χ0n) is 13.0. The average molecular weight is 318 g/mol. The molecule has 4 heteroatoms. The van der Waals surface area contributed by atoms with Crippen LogP contribution >= 0.6 is 23.2 Å². The summed E-state index contributed by atoms with van der Waals surface area (Å²) < 4.78 is 6.01. The van der Waals surface area contributed by atoms with Crippen molar-refractivity contribution in [2.24, 2.45) is 5.41 Å². The van der Waals surface area contributed by atoms with Gasteiger partial charge in [0.25, 0.3) is 0 Å². The summed E-state index contributed by atoms with van der Waals surface area (Å²) in [6, 6.07) is 5.60. The van der Waals surface area contributed by atoms with E-state index in [1.807, 2.05) is 25.1 Å². The molecule has 0 heterocycles. The Balaban J connectivity index is 3.23. The molecule has 0 saturated carbocycles. The van der Waals surface area contributed by atoms with Crippen molar-refractivity contribution >= 4 is 23.2 Å². The van der Waals surface area contributed by atoms with Crippen molar-refractivity contribution in [2.75, 3.05) is 13.2 Å². The molecule has 0 bridgehead atoms. The third-order valence-electron chi connectivity index (χ3n) is 3.22. The standard InChI is InChI=1S/C16H25Cl2NO/c1-6-19-14(15(20-7-2)16(3,4)5)12-10-11(17)8-9-13(12)18/h8-10,14-15,19H,6-7H2,1-5H3. The van der Waals surface area contributed by atoms with Crippen LogP contribution in [-0.2, 0) is 4.74 Å². The van der Waals surface area contributed by atoms with Gasteiger partial charge in [0.1, 0.15) is 0 Å². The van der Waals surface area contributed by atoms with Crippen molar-refractivity contribution in [3.05, 3.63) is 33.8 Å². The Morgan fingerprint density at radius 2 is 1.85 bits per heavy atom. The van der Waals surface area contributed by atoms with E-state index in [0.29, 0.717) is 16.7 Å². The van der Waals surface area contributed by atoms with E-state index in [9.17, 15) is 0 Å². The third-order valence-corrected chi connectivity index (χ3v) is 3.80. The Bertz CT molecular complexity index is 429. The average Bonchev–Trinajstić information content (AvgIpc) is 2.35. The van der Waals surface area contributed by atoms with Crippen LogP contribution in [0.5, 0.6) is 0 Å². The molecule has 0 fully saturated rings. The van der Waals surface area contributed by atoms with Gasteiger partial charge in [-0.05, 0) is 42.6 Å². The van der Waals surface area contributed by atoms with Gasteiger partial charge in [0.15, 0.2) is 0 Å². The van der Waals surface area contributed by atoms with Gasteiger partial charge in [-0.25, -0.2) is 0 Å². The molecule has 2 atom stereocenters. The molecule has 114 valence electrons. The first-order chi connectivity index (χ1) is 9.31. The minimum absolute atomic E-state index is 0.00546. The predicted octanol–water partition coefficient (Wildman–Crippen LogP) is 5.10. The van der Waals surface area contributed by atoms with E-state index in [1.54, 1.807) is 0 Å². The number of hydrogen-bond donors (Lipinski definition) is 1. The fourth-order valence-electron chi connectivity index (χ4n) is 2.38. The van der Waals surface area contributed by atoms with Crippen LogP contribution in [0.3, 0.4) is 0 Å². The highest BCUT2D eigenvalue weighted by atomic mass is 35.5. The maximum absolute atomic E-state index is 6.37. The summed E-state index contributed by atoms with van der Waals surface area (Å²) >= 11 is 12.5. The monoisotopic (exact) mass is 317 g/mol. The lowest BCUT2D eigenvalue weighted by molar-refractivity contribution is -0.0362. The predicted molar refractivity (Wildman–Crippen MR) is 87.7 cm³/mol. The SMILES string of the molecule is CCNC(c1cc(Cl)ccc1Cl)C(OCC)C(C)(C)C. The lowest BCUT2D eigenvalue weighted by Crippen LogP contribution is -2.42. The summed E-state index contributed by atoms with van der Waals surface area (Å²) in [5.41, 5.74) is 0.989. The van der Waals surface area contributed by atoms with Crippen LogP contribution in [0.1, 0.15) is 46.2 Å². The molecule has 1 rings (SSSR count). The van der Waals surface area contributed by atoms with Crippen molar-refractivity contribution in [3.8, 4) is 0 Å². The van der Waals surface area contributed by atoms with E-state index in [-0.39, 0.29) is 17.6 Å². The summed E-state index contributed by atoms with van der Waals surface area (Å²) in [5.74, 6) is 0. The summed E-state index contributed by atoms with van der Waals surface area (Å²) in [4.78, 5) is 0. The lowest BCUT2D eigenvalue weighted by Gasteiger charge is -2.37. The number of halogens is 2. The van der Waals surface area contributed by atoms with Gasteiger partial charge in [0.2, 0.25) is 0 Å². The Morgan fingerprint density at radius 3 is 2.35 bits per heavy atom. The molecule has 1 N–H and O–H groups in total. The van der Waals surface area contributed by atoms with Crippen molar-refractivity contribution < 1.29 is 4.74 Å². The minimum Gasteiger partial charge on any atom is -0.376 e. The normalized spacial score (nSPS) is 15.2. The molecular weight excluding hydrogens is 293 g/mol. The van der Waals surface area contributed by atoms with E-state index in [0.717, 1.165) is 12.1 Å². The lowest BCUT2D eigenvalue weighted by atomic mass is 9.82. The molecule has 1 aromatic rings. The van der Waals surface area contributed by atoms with E-state index < -0.39 is 0 Å². The molecule has 0 aliphatic heterocycles. The van der Waals surface area contributed by atoms with E-state index in [2.05, 4.69) is 33.0 Å². The Labute approximate surface area is 132 Å². The highest BCUT2D eigenvalue weighted by Gasteiger charge is 2.34. The van der Waals surface area contributed by atoms with Crippen LogP contribution in [0.25, 0.3) is 0 Å². The van der Waals surface area contributed by atoms with E-state index in [1.165, 1.54) is 0 Å². The zero-order chi connectivity index (χ0) is 15.3. The molecule has 0 radical (unpaired) electrons. The first kappa shape index (κ1) is 17.8. The molecular formula is C16H25Cl2NO. The maximum atomic E-state index is 6.37. The fraction of sp³-hybridized carbons (Fsp3) is 0.625. The minimum atomic E-state index is -0.00546. The van der Waals surface area contributed by atoms with Crippen LogP contribution in [0, 0.1) is 5.41 Å². The number of benzene rings is 1. The van der Waals surface area contributed by atoms with Gasteiger partial charge in [-0.1, -0.05) is 50.9 Å². The molecule has 0 amide bonds. The van der Waals surface area contributed by atoms with Crippen LogP contribution in [0.2, 0.25) is 10.0 Å². The summed E-state index contributed by atoms with van der Waals surface area (Å²) in [5, 5.41) is 4.90. The highest BCUT2D eigenvalue weighted by Crippen LogP contribution is 2.36. The first-order valence-electron chi connectivity index (χ1n) is 7.11. The van der Waals surface area contributed by atoms with Crippen molar-refractivity contribution in [1.29, 1.82) is 0 Å². The van der Waals surface area contributed by atoms with Crippen molar-refractivity contribution in [2.45, 2.75) is 46.8 Å². The Hall–Kier alpha value is -0.280. The van der Waals surface area contributed by atoms with Gasteiger partial charge in [0, 0.05) is 16.7 Å². The van der Waals surface area contributed by atoms with Gasteiger partial charge in [0.05, 0.1) is 12.1 Å². The second-order valence-corrected chi connectivity index (χ2v) is 6.79. The smallest absolute Gasteiger partial charge is 0.0818 e. The second kappa shape index (κ2) is 7.65. The van der Waals surface area contributed by atoms with Crippen LogP contribution < -0.4 is 5.32 Å². The Kier molecular flexibility index (Phi) is 6.80. The van der Waals surface area contributed by atoms with Crippen LogP contribution in [0.4, 0.5) is 0 Å². The fourth-order valence-corrected chi connectivity index (χ4v) is 2.79. The number of likely N-dealkylation sites (N-methyl/N-ethyl adjacent to an activating group) is 1. The molecule has 0 aliphatic carbocycles. The molecule has 0 spiro atoms. The summed E-state index contributed by atoms with van der Waals surface area (Å²) in [6.07, 6.45) is 0.0171. The molecule has 2 unspecified atom stereocenters. The number of hydrogen-bond acceptors (Lipinski definition) is 2. The first-order valence-corrected chi connectivity index (χ1v) is 7.86. The van der Waals surface area contributed by atoms with Crippen LogP contribution in [-0.4, -0.2) is 19.3 Å². The summed E-state index contributed by atoms with van der Waals surface area (Å²) in [7, 11) is 0. The van der Waals surface area contributed by atoms with Gasteiger partial charge >= 0.3 is 0 Å². The highest BCUT2D eigenvalue weighted by molar-refractivity contribution is 6.33. The molecule has 2 nitrogen and oxygen atoms in total. The van der Waals surface area contributed by atoms with Crippen molar-refractivity contribution in [1.82, 2.24) is 5.32 Å². The molecule has 1 aromatic carbocycles. The maximum Gasteiger partial charge on any atom is 0.0818 e. The van der Waals surface area contributed by atoms with Gasteiger partial charge in [-0.2, -0.15) is 0 Å². The summed E-state index contributed by atoms with van der Waals surface area (Å²) in [6.45, 7) is 12.1. The molecule has 0 aromatic heterocycles. The largest absolute Gasteiger partial charge is 0.376 e.